The average molecular weight is 185 g/mol. The molecule has 1 N–H and O–H groups in total. The summed E-state index contributed by atoms with van der Waals surface area (Å²) >= 11 is 0. The van der Waals surface area contributed by atoms with Gasteiger partial charge < -0.3 is 5.11 Å². The zero-order chi connectivity index (χ0) is 9.90. The van der Waals surface area contributed by atoms with Gasteiger partial charge in [0, 0.05) is 13.0 Å². The van der Waals surface area contributed by atoms with Crippen molar-refractivity contribution < 1.29 is 9.90 Å². The second-order valence-electron chi connectivity index (χ2n) is 4.20. The van der Waals surface area contributed by atoms with Crippen molar-refractivity contribution >= 4 is 5.78 Å². The van der Waals surface area contributed by atoms with E-state index in [4.69, 9.17) is 0 Å². The summed E-state index contributed by atoms with van der Waals surface area (Å²) in [7, 11) is 0. The molecule has 0 amide bonds. The summed E-state index contributed by atoms with van der Waals surface area (Å²) in [6.07, 6.45) is 2.44. The molecule has 3 nitrogen and oxygen atoms in total. The van der Waals surface area contributed by atoms with E-state index in [1.807, 2.05) is 13.8 Å². The van der Waals surface area contributed by atoms with Crippen LogP contribution in [0.15, 0.2) is 0 Å². The first-order valence-electron chi connectivity index (χ1n) is 5.00. The Kier molecular flexibility index (Phi) is 3.45. The number of β-amino-alcohol motifs (C(OH)–C–C–N with tert-alkyl or cyclic N) is 1. The highest BCUT2D eigenvalue weighted by Crippen LogP contribution is 2.19. The summed E-state index contributed by atoms with van der Waals surface area (Å²) < 4.78 is 0. The SMILES string of the molecule is CCC(=O)CN1CCCC(C)(O)C1. The second kappa shape index (κ2) is 4.20. The van der Waals surface area contributed by atoms with E-state index in [1.54, 1.807) is 0 Å². The third-order valence-electron chi connectivity index (χ3n) is 2.55. The van der Waals surface area contributed by atoms with Gasteiger partial charge in [-0.2, -0.15) is 0 Å². The van der Waals surface area contributed by atoms with Gasteiger partial charge in [0.15, 0.2) is 0 Å². The Bertz CT molecular complexity index is 189. The molecule has 3 heteroatoms. The molecular weight excluding hydrogens is 166 g/mol. The molecule has 0 spiro atoms. The maximum Gasteiger partial charge on any atom is 0.146 e. The van der Waals surface area contributed by atoms with Crippen LogP contribution in [-0.2, 0) is 4.79 Å². The molecule has 0 radical (unpaired) electrons. The molecule has 1 atom stereocenters. The molecule has 1 aliphatic heterocycles. The van der Waals surface area contributed by atoms with E-state index in [-0.39, 0.29) is 5.78 Å². The van der Waals surface area contributed by atoms with E-state index >= 15 is 0 Å². The molecule has 1 unspecified atom stereocenters. The predicted molar refractivity (Wildman–Crippen MR) is 51.6 cm³/mol. The van der Waals surface area contributed by atoms with E-state index in [2.05, 4.69) is 4.90 Å². The van der Waals surface area contributed by atoms with Gasteiger partial charge in [0.25, 0.3) is 0 Å². The van der Waals surface area contributed by atoms with Crippen molar-refractivity contribution in [3.8, 4) is 0 Å². The van der Waals surface area contributed by atoms with E-state index < -0.39 is 5.60 Å². The van der Waals surface area contributed by atoms with Gasteiger partial charge in [0.2, 0.25) is 0 Å². The molecule has 0 saturated carbocycles. The van der Waals surface area contributed by atoms with Gasteiger partial charge in [-0.25, -0.2) is 0 Å². The first kappa shape index (κ1) is 10.7. The number of aliphatic hydroxyl groups is 1. The van der Waals surface area contributed by atoms with Gasteiger partial charge in [-0.1, -0.05) is 6.92 Å². The fourth-order valence-electron chi connectivity index (χ4n) is 1.82. The zero-order valence-corrected chi connectivity index (χ0v) is 8.55. The Morgan fingerprint density at radius 2 is 2.31 bits per heavy atom. The van der Waals surface area contributed by atoms with Crippen LogP contribution in [0.1, 0.15) is 33.1 Å². The highest BCUT2D eigenvalue weighted by atomic mass is 16.3. The molecule has 1 aliphatic rings. The Morgan fingerprint density at radius 1 is 1.62 bits per heavy atom. The average Bonchev–Trinajstić information content (AvgIpc) is 2.02. The lowest BCUT2D eigenvalue weighted by atomic mass is 9.95. The van der Waals surface area contributed by atoms with E-state index in [0.717, 1.165) is 19.4 Å². The molecule has 0 aromatic rings. The van der Waals surface area contributed by atoms with E-state index in [0.29, 0.717) is 19.5 Å². The van der Waals surface area contributed by atoms with Crippen LogP contribution in [0.2, 0.25) is 0 Å². The quantitative estimate of drug-likeness (QED) is 0.707. The minimum Gasteiger partial charge on any atom is -0.389 e. The molecule has 76 valence electrons. The number of carbonyl (C=O) groups is 1. The lowest BCUT2D eigenvalue weighted by Gasteiger charge is -2.36. The van der Waals surface area contributed by atoms with Crippen LogP contribution in [0.3, 0.4) is 0 Å². The van der Waals surface area contributed by atoms with Gasteiger partial charge in [0.1, 0.15) is 5.78 Å². The second-order valence-corrected chi connectivity index (χ2v) is 4.20. The molecule has 0 bridgehead atoms. The molecule has 1 saturated heterocycles. The monoisotopic (exact) mass is 185 g/mol. The molecule has 0 aromatic heterocycles. The third-order valence-corrected chi connectivity index (χ3v) is 2.55. The molecule has 1 heterocycles. The summed E-state index contributed by atoms with van der Waals surface area (Å²) in [4.78, 5) is 13.2. The van der Waals surface area contributed by atoms with Crippen molar-refractivity contribution in [1.82, 2.24) is 4.90 Å². The van der Waals surface area contributed by atoms with Crippen molar-refractivity contribution in [3.63, 3.8) is 0 Å². The number of rotatable bonds is 3. The first-order valence-corrected chi connectivity index (χ1v) is 5.00. The Balaban J connectivity index is 2.39. The number of Topliss-reactive ketones (excluding diaryl/α,β-unsaturated/α-hetero) is 1. The fraction of sp³-hybridized carbons (Fsp3) is 0.900. The Labute approximate surface area is 79.7 Å². The van der Waals surface area contributed by atoms with Crippen molar-refractivity contribution in [2.45, 2.75) is 38.7 Å². The van der Waals surface area contributed by atoms with E-state index in [9.17, 15) is 9.90 Å². The minimum atomic E-state index is -0.591. The number of ketones is 1. The molecule has 13 heavy (non-hydrogen) atoms. The maximum absolute atomic E-state index is 11.2. The predicted octanol–water partition coefficient (Wildman–Crippen LogP) is 0.812. The number of piperidine rings is 1. The van der Waals surface area contributed by atoms with Gasteiger partial charge in [-0.3, -0.25) is 9.69 Å². The van der Waals surface area contributed by atoms with Crippen molar-refractivity contribution in [2.24, 2.45) is 0 Å². The molecule has 1 rings (SSSR count). The summed E-state index contributed by atoms with van der Waals surface area (Å²) in [5.41, 5.74) is -0.591. The first-order chi connectivity index (χ1) is 6.03. The summed E-state index contributed by atoms with van der Waals surface area (Å²) in [6, 6.07) is 0. The standard InChI is InChI=1S/C10H19NO2/c1-3-9(12)7-11-6-4-5-10(2,13)8-11/h13H,3-8H2,1-2H3. The molecular formula is C10H19NO2. The number of hydrogen-bond acceptors (Lipinski definition) is 3. The van der Waals surface area contributed by atoms with Crippen molar-refractivity contribution in [3.05, 3.63) is 0 Å². The van der Waals surface area contributed by atoms with Crippen LogP contribution in [0, 0.1) is 0 Å². The number of likely N-dealkylation sites (tertiary alicyclic amines) is 1. The van der Waals surface area contributed by atoms with Crippen molar-refractivity contribution in [2.75, 3.05) is 19.6 Å². The summed E-state index contributed by atoms with van der Waals surface area (Å²) in [5.74, 6) is 0.262. The Morgan fingerprint density at radius 3 is 2.85 bits per heavy atom. The van der Waals surface area contributed by atoms with Crippen LogP contribution in [0.4, 0.5) is 0 Å². The fourth-order valence-corrected chi connectivity index (χ4v) is 1.82. The molecule has 1 fully saturated rings. The van der Waals surface area contributed by atoms with Crippen LogP contribution in [0.5, 0.6) is 0 Å². The number of nitrogens with zero attached hydrogens (tertiary/aromatic N) is 1. The number of carbonyl (C=O) groups excluding carboxylic acids is 1. The van der Waals surface area contributed by atoms with Crippen LogP contribution >= 0.6 is 0 Å². The molecule has 0 aromatic carbocycles. The molecule has 0 aliphatic carbocycles. The largest absolute Gasteiger partial charge is 0.389 e. The zero-order valence-electron chi connectivity index (χ0n) is 8.55. The topological polar surface area (TPSA) is 40.5 Å². The van der Waals surface area contributed by atoms with Crippen molar-refractivity contribution in [1.29, 1.82) is 0 Å². The maximum atomic E-state index is 11.2. The lowest BCUT2D eigenvalue weighted by Crippen LogP contribution is -2.47. The van der Waals surface area contributed by atoms with Gasteiger partial charge in [-0.15, -0.1) is 0 Å². The normalized spacial score (nSPS) is 30.4. The minimum absolute atomic E-state index is 0.262. The lowest BCUT2D eigenvalue weighted by molar-refractivity contribution is -0.121. The van der Waals surface area contributed by atoms with Gasteiger partial charge in [0.05, 0.1) is 12.1 Å². The van der Waals surface area contributed by atoms with E-state index in [1.165, 1.54) is 0 Å². The van der Waals surface area contributed by atoms with Gasteiger partial charge in [-0.05, 0) is 26.3 Å². The van der Waals surface area contributed by atoms with Gasteiger partial charge >= 0.3 is 0 Å². The smallest absolute Gasteiger partial charge is 0.146 e. The highest BCUT2D eigenvalue weighted by Gasteiger charge is 2.28. The Hall–Kier alpha value is -0.410. The summed E-state index contributed by atoms with van der Waals surface area (Å²) in [5, 5.41) is 9.78. The van der Waals surface area contributed by atoms with Crippen LogP contribution < -0.4 is 0 Å². The van der Waals surface area contributed by atoms with Crippen LogP contribution in [0.25, 0.3) is 0 Å². The highest BCUT2D eigenvalue weighted by molar-refractivity contribution is 5.80. The third kappa shape index (κ3) is 3.44. The van der Waals surface area contributed by atoms with Crippen LogP contribution in [-0.4, -0.2) is 41.0 Å². The summed E-state index contributed by atoms with van der Waals surface area (Å²) in [6.45, 7) is 5.81. The number of hydrogen-bond donors (Lipinski definition) is 1.